The molecule has 742 valence electrons. The lowest BCUT2D eigenvalue weighted by atomic mass is 9.99. The van der Waals surface area contributed by atoms with Crippen LogP contribution in [0.25, 0.3) is 21.8 Å². The predicted molar refractivity (Wildman–Crippen MR) is 501 cm³/mol. The third kappa shape index (κ3) is 30.8. The number of aromatic hydroxyl groups is 1. The number of nitrogens with two attached hydrogens (primary N) is 4. The van der Waals surface area contributed by atoms with Gasteiger partial charge in [0.05, 0.1) is 24.8 Å². The number of amides is 17. The summed E-state index contributed by atoms with van der Waals surface area (Å²) in [5.41, 5.74) is 25.7. The number of fused-ring (bicyclic) bond motifs is 4. The number of carboxylic acid groups (broad SMARTS) is 1. The molecule has 0 radical (unpaired) electrons. The van der Waals surface area contributed by atoms with Gasteiger partial charge in [-0.15, -0.1) is 11.8 Å². The Balaban J connectivity index is 1.21. The van der Waals surface area contributed by atoms with E-state index in [2.05, 4.69) is 68.5 Å². The Morgan fingerprint density at radius 2 is 1.07 bits per heavy atom. The summed E-state index contributed by atoms with van der Waals surface area (Å²) in [6.45, 7) is 6.41. The first kappa shape index (κ1) is 108. The molecule has 0 bridgehead atoms. The standard InChI is InChI=1S/C91H131N23O21S/c1-9-11-24-69-83(128)103-60(23-17-35-97-91(95)96)79(124)109-68(78(123)100-45-74(94)118)47-136-48-75(119)101-62(32-29-51-27-30-54(115)31-28-51)86(131)110(6)50(5)77(122)105-66(41-73(93)117)88(133)113-36-18-26-70(113)84(129)108-67(42-92)82(127)106-64(37-49(3)4)89(134)114-46-55(116)40-72(114)85(130)104-63(38-52-43-98-58-21-15-13-19-56(52)58)81(126)102-61(33-34-76(120)121)80(125)107-65(39-53-44-99-59-22-16-14-20-57(53)59)87(132)112(8)71(25-12-10-2)90(135)111(69)7/h13-16,19-22,27-28,30-31,43-44,49-50,55,60-72,98-99,115-116H,9-12,17-18,23-26,29,32-42,45-48,92H2,1-8H3,(H2,93,117)(H2,94,118)(H,100,123)(H,101,119)(H,102,126)(H,103,128)(H,104,130)(H,105,122)(H,106,127)(H,107,125)(H,108,129)(H,109,124)(H,120,121)(H4,95,96,97)/t50-,55+,60-,61-,62-,63-,64-,65-,66-,67-,68-,69-,70-,71-,72-/m0/s1. The van der Waals surface area contributed by atoms with Crippen molar-refractivity contribution in [2.75, 3.05) is 65.4 Å². The van der Waals surface area contributed by atoms with Crippen LogP contribution in [0.1, 0.15) is 154 Å². The molecular weight excluding hydrogens is 1780 g/mol. The van der Waals surface area contributed by atoms with Crippen molar-refractivity contribution in [1.82, 2.24) is 93.0 Å². The number of hydrogen-bond donors (Lipinski definition) is 21. The lowest BCUT2D eigenvalue weighted by molar-refractivity contribution is -0.149. The van der Waals surface area contributed by atoms with Crippen LogP contribution < -0.4 is 81.4 Å². The molecule has 136 heavy (non-hydrogen) atoms. The molecule has 3 fully saturated rings. The quantitative estimate of drug-likeness (QED) is 0.0138. The molecule has 8 rings (SSSR count). The van der Waals surface area contributed by atoms with E-state index in [9.17, 15) is 68.1 Å². The van der Waals surface area contributed by atoms with Crippen LogP contribution in [0.4, 0.5) is 0 Å². The molecule has 45 heteroatoms. The second-order valence-electron chi connectivity index (χ2n) is 35.0. The molecule has 5 aromatic rings. The van der Waals surface area contributed by atoms with Gasteiger partial charge in [-0.25, -0.2) is 0 Å². The number of phenols is 1. The minimum Gasteiger partial charge on any atom is -0.508 e. The summed E-state index contributed by atoms with van der Waals surface area (Å²) in [5, 5.41) is 69.7. The van der Waals surface area contributed by atoms with Crippen LogP contribution in [-0.2, 0) is 106 Å². The fourth-order valence-electron chi connectivity index (χ4n) is 16.7. The van der Waals surface area contributed by atoms with E-state index in [0.717, 1.165) is 36.3 Å². The van der Waals surface area contributed by atoms with Crippen molar-refractivity contribution in [2.45, 2.75) is 247 Å². The molecule has 5 heterocycles. The van der Waals surface area contributed by atoms with Crippen LogP contribution >= 0.6 is 11.8 Å². The molecular formula is C91H131N23O21S. The number of nitrogens with zero attached hydrogens (tertiary/aromatic N) is 5. The number of likely N-dealkylation sites (N-methyl/N-ethyl adjacent to an activating group) is 3. The predicted octanol–water partition coefficient (Wildman–Crippen LogP) is -2.67. The number of guanidine groups is 1. The summed E-state index contributed by atoms with van der Waals surface area (Å²) < 4.78 is 0. The van der Waals surface area contributed by atoms with Gasteiger partial charge in [-0.1, -0.05) is 102 Å². The van der Waals surface area contributed by atoms with Crippen molar-refractivity contribution >= 4 is 146 Å². The van der Waals surface area contributed by atoms with Gasteiger partial charge in [-0.3, -0.25) is 91.7 Å². The number of aliphatic carboxylic acids is 1. The molecule has 3 aliphatic heterocycles. The van der Waals surface area contributed by atoms with Crippen molar-refractivity contribution in [3.05, 3.63) is 102 Å². The van der Waals surface area contributed by atoms with Gasteiger partial charge < -0.3 is 131 Å². The molecule has 15 atom stereocenters. The van der Waals surface area contributed by atoms with Crippen molar-refractivity contribution in [2.24, 2.45) is 28.9 Å². The maximum Gasteiger partial charge on any atom is 0.303 e. The number of carbonyl (C=O) groups excluding carboxylic acids is 17. The summed E-state index contributed by atoms with van der Waals surface area (Å²) in [5.74, 6) is -19.6. The van der Waals surface area contributed by atoms with Crippen LogP contribution in [0.5, 0.6) is 5.75 Å². The zero-order valence-corrected chi connectivity index (χ0v) is 78.7. The summed E-state index contributed by atoms with van der Waals surface area (Å²) in [7, 11) is 3.88. The number of aliphatic hydroxyl groups is 1. The monoisotopic (exact) mass is 1910 g/mol. The van der Waals surface area contributed by atoms with Gasteiger partial charge in [0.15, 0.2) is 5.96 Å². The van der Waals surface area contributed by atoms with E-state index in [1.165, 1.54) is 40.2 Å². The van der Waals surface area contributed by atoms with Crippen molar-refractivity contribution in [3.8, 4) is 5.75 Å². The number of carboxylic acids is 1. The maximum atomic E-state index is 15.9. The van der Waals surface area contributed by atoms with Crippen molar-refractivity contribution in [1.29, 1.82) is 5.41 Å². The average molecular weight is 1920 g/mol. The van der Waals surface area contributed by atoms with Crippen LogP contribution in [0.15, 0.2) is 85.2 Å². The zero-order valence-electron chi connectivity index (χ0n) is 77.8. The summed E-state index contributed by atoms with van der Waals surface area (Å²) in [6, 6.07) is -2.15. The minimum absolute atomic E-state index is 0.0237. The minimum atomic E-state index is -1.82. The van der Waals surface area contributed by atoms with E-state index < -0.39 is 260 Å². The maximum absolute atomic E-state index is 15.9. The summed E-state index contributed by atoms with van der Waals surface area (Å²) in [6.07, 6.45) is -0.227. The number of aliphatic hydroxyl groups excluding tert-OH is 1. The van der Waals surface area contributed by atoms with E-state index >= 15 is 33.6 Å². The highest BCUT2D eigenvalue weighted by molar-refractivity contribution is 8.00. The number of thioether (sulfide) groups is 1. The highest BCUT2D eigenvalue weighted by Gasteiger charge is 2.47. The molecule has 3 aromatic carbocycles. The Morgan fingerprint density at radius 3 is 1.68 bits per heavy atom. The number of nitrogens with one attached hydrogen (secondary N) is 14. The number of unbranched alkanes of at least 4 members (excludes halogenated alkanes) is 2. The highest BCUT2D eigenvalue weighted by atomic mass is 32.2. The van der Waals surface area contributed by atoms with Gasteiger partial charge >= 0.3 is 5.97 Å². The number of H-pyrrole nitrogens is 2. The SMILES string of the molecule is CCCC[C@H]1C(=O)N(C)[C@@H](CCCC)C(=O)N[C@@H](CCCNC(=N)N)C(=O)N[C@H](C(=O)NCC(N)=O)CSCC(=O)N[C@@H](CCc2ccc(O)cc2)C(=O)N(C)[C@@H](C)C(=O)N[C@@H](CC(N)=O)C(=O)N2CCC[C@H]2C(=O)N[C@@H](CN)C(=O)N[C@@H](CC(C)C)C(=O)N2C[C@H](O)C[C@H]2C(=O)N[C@@H](Cc2c[nH]c3ccccc23)C(=O)N[C@@H](CCC(=O)O)C(=O)N[C@@H](Cc2c[nH]c3ccccc23)C(=O)N1C. The number of rotatable bonds is 28. The Kier molecular flexibility index (Phi) is 41.1. The smallest absolute Gasteiger partial charge is 0.303 e. The van der Waals surface area contributed by atoms with Gasteiger partial charge in [0.25, 0.3) is 0 Å². The Morgan fingerprint density at radius 1 is 0.544 bits per heavy atom. The number of benzene rings is 3. The molecule has 2 aromatic heterocycles. The number of aromatic amines is 2. The lowest BCUT2D eigenvalue weighted by Crippen LogP contribution is -2.61. The summed E-state index contributed by atoms with van der Waals surface area (Å²) in [4.78, 5) is 274. The highest BCUT2D eigenvalue weighted by Crippen LogP contribution is 2.28. The van der Waals surface area contributed by atoms with E-state index in [0.29, 0.717) is 64.2 Å². The first-order valence-corrected chi connectivity index (χ1v) is 46.9. The second-order valence-corrected chi connectivity index (χ2v) is 36.0. The molecule has 0 aliphatic carbocycles. The molecule has 0 spiro atoms. The number of aromatic nitrogens is 2. The van der Waals surface area contributed by atoms with Crippen LogP contribution in [-0.4, -0.2) is 318 Å². The average Bonchev–Trinajstić information content (AvgIpc) is 1.69. The molecule has 0 saturated carbocycles. The molecule has 0 unspecified atom stereocenters. The normalized spacial score (nSPS) is 24.6. The number of para-hydroxylation sites is 2. The molecule has 25 N–H and O–H groups in total. The Labute approximate surface area is 791 Å². The van der Waals surface area contributed by atoms with Crippen LogP contribution in [0.2, 0.25) is 0 Å². The van der Waals surface area contributed by atoms with Crippen molar-refractivity contribution in [3.63, 3.8) is 0 Å². The molecule has 44 nitrogen and oxygen atoms in total. The van der Waals surface area contributed by atoms with Gasteiger partial charge in [0.2, 0.25) is 100 Å². The largest absolute Gasteiger partial charge is 0.508 e. The van der Waals surface area contributed by atoms with Crippen molar-refractivity contribution < 1.29 is 102 Å². The fraction of sp³-hybridized carbons (Fsp3) is 0.549. The van der Waals surface area contributed by atoms with E-state index in [1.54, 1.807) is 86.9 Å². The second kappa shape index (κ2) is 51.9. The Bertz CT molecular complexity index is 5110. The van der Waals surface area contributed by atoms with Gasteiger partial charge in [0.1, 0.15) is 90.3 Å². The molecule has 17 amide bonds. The van der Waals surface area contributed by atoms with Crippen LogP contribution in [0, 0.1) is 11.3 Å². The fourth-order valence-corrected chi connectivity index (χ4v) is 17.6. The number of phenolic OH excluding ortho intramolecular Hbond substituents is 1. The van der Waals surface area contributed by atoms with Crippen LogP contribution in [0.3, 0.4) is 0 Å². The zero-order chi connectivity index (χ0) is 99.9. The molecule has 3 saturated heterocycles. The number of carbonyl (C=O) groups is 18. The third-order valence-corrected chi connectivity index (χ3v) is 25.4. The first-order chi connectivity index (χ1) is 64.6. The van der Waals surface area contributed by atoms with Gasteiger partial charge in [-0.05, 0) is 118 Å². The summed E-state index contributed by atoms with van der Waals surface area (Å²) >= 11 is 0.764. The molecule has 3 aliphatic rings. The third-order valence-electron chi connectivity index (χ3n) is 24.3. The number of aryl methyl sites for hydroxylation is 1. The van der Waals surface area contributed by atoms with E-state index in [1.807, 2.05) is 13.8 Å². The van der Waals surface area contributed by atoms with E-state index in [4.69, 9.17) is 28.3 Å². The Hall–Kier alpha value is -13.5. The van der Waals surface area contributed by atoms with E-state index in [-0.39, 0.29) is 95.4 Å². The topological polar surface area (TPSA) is 676 Å². The lowest BCUT2D eigenvalue weighted by Gasteiger charge is -2.36. The van der Waals surface area contributed by atoms with Gasteiger partial charge in [-0.2, -0.15) is 0 Å². The number of hydrogen-bond acceptors (Lipinski definition) is 23. The van der Waals surface area contributed by atoms with Gasteiger partial charge in [0, 0.05) is 113 Å². The first-order valence-electron chi connectivity index (χ1n) is 45.7. The number of primary amides is 2.